The Bertz CT molecular complexity index is 452. The van der Waals surface area contributed by atoms with Crippen molar-refractivity contribution in [3.63, 3.8) is 0 Å². The minimum Gasteiger partial charge on any atom is -0.497 e. The van der Waals surface area contributed by atoms with Crippen molar-refractivity contribution in [3.05, 3.63) is 28.8 Å². The van der Waals surface area contributed by atoms with Crippen molar-refractivity contribution in [2.45, 2.75) is 25.2 Å². The molecule has 0 bridgehead atoms. The maximum absolute atomic E-state index is 11.2. The first kappa shape index (κ1) is 13.4. The number of halogens is 1. The molecular weight excluding hydrogens is 252 g/mol. The Balaban J connectivity index is 2.24. The van der Waals surface area contributed by atoms with Gasteiger partial charge in [-0.25, -0.2) is 0 Å². The topological polar surface area (TPSA) is 35.5 Å². The van der Waals surface area contributed by atoms with E-state index in [0.29, 0.717) is 24.7 Å². The average molecular weight is 269 g/mol. The number of hydrogen-bond donors (Lipinski definition) is 0. The summed E-state index contributed by atoms with van der Waals surface area (Å²) in [6.07, 6.45) is 1.35. The molecule has 1 fully saturated rings. The Labute approximate surface area is 112 Å². The van der Waals surface area contributed by atoms with E-state index in [9.17, 15) is 4.79 Å². The largest absolute Gasteiger partial charge is 0.497 e. The lowest BCUT2D eigenvalue weighted by Crippen LogP contribution is -2.47. The molecule has 0 radical (unpaired) electrons. The van der Waals surface area contributed by atoms with Crippen LogP contribution in [-0.4, -0.2) is 26.1 Å². The first-order chi connectivity index (χ1) is 8.57. The quantitative estimate of drug-likeness (QED) is 0.824. The molecule has 1 aromatic carbocycles. The van der Waals surface area contributed by atoms with Crippen molar-refractivity contribution in [1.29, 1.82) is 0 Å². The third-order valence-corrected chi connectivity index (χ3v) is 3.77. The van der Waals surface area contributed by atoms with E-state index in [4.69, 9.17) is 21.1 Å². The molecule has 18 heavy (non-hydrogen) atoms. The van der Waals surface area contributed by atoms with Crippen LogP contribution in [0.25, 0.3) is 0 Å². The van der Waals surface area contributed by atoms with Crippen molar-refractivity contribution in [3.8, 4) is 5.75 Å². The maximum Gasteiger partial charge on any atom is 0.129 e. The highest BCUT2D eigenvalue weighted by Gasteiger charge is 2.41. The van der Waals surface area contributed by atoms with Crippen LogP contribution in [0.2, 0.25) is 5.02 Å². The zero-order chi connectivity index (χ0) is 13.2. The number of carbonyl (C=O) groups is 1. The lowest BCUT2D eigenvalue weighted by molar-refractivity contribution is -0.119. The highest BCUT2D eigenvalue weighted by molar-refractivity contribution is 6.31. The van der Waals surface area contributed by atoms with Gasteiger partial charge in [-0.05, 0) is 31.0 Å². The third-order valence-electron chi connectivity index (χ3n) is 3.46. The Kier molecular flexibility index (Phi) is 3.93. The number of ketones is 1. The van der Waals surface area contributed by atoms with Crippen molar-refractivity contribution >= 4 is 17.4 Å². The highest BCUT2D eigenvalue weighted by Crippen LogP contribution is 2.41. The standard InChI is InChI=1S/C14H17ClO3/c1-10(16)5-6-14(8-18-9-14)12-4-3-11(17-2)7-13(12)15/h3-4,7H,5-6,8-9H2,1-2H3. The van der Waals surface area contributed by atoms with E-state index in [1.54, 1.807) is 14.0 Å². The van der Waals surface area contributed by atoms with Gasteiger partial charge < -0.3 is 14.3 Å². The third kappa shape index (κ3) is 2.52. The summed E-state index contributed by atoms with van der Waals surface area (Å²) in [7, 11) is 1.61. The molecule has 98 valence electrons. The van der Waals surface area contributed by atoms with Gasteiger partial charge >= 0.3 is 0 Å². The predicted molar refractivity (Wildman–Crippen MR) is 70.4 cm³/mol. The fourth-order valence-corrected chi connectivity index (χ4v) is 2.62. The molecule has 0 aliphatic carbocycles. The normalized spacial score (nSPS) is 17.1. The summed E-state index contributed by atoms with van der Waals surface area (Å²) in [5.41, 5.74) is 0.951. The summed E-state index contributed by atoms with van der Waals surface area (Å²) in [5.74, 6) is 0.941. The van der Waals surface area contributed by atoms with Crippen LogP contribution in [0.15, 0.2) is 18.2 Å². The van der Waals surface area contributed by atoms with Gasteiger partial charge in [0.05, 0.1) is 20.3 Å². The summed E-state index contributed by atoms with van der Waals surface area (Å²) in [5, 5.41) is 0.682. The Morgan fingerprint density at radius 3 is 2.67 bits per heavy atom. The fourth-order valence-electron chi connectivity index (χ4n) is 2.25. The number of hydrogen-bond acceptors (Lipinski definition) is 3. The molecule has 0 atom stereocenters. The number of rotatable bonds is 5. The smallest absolute Gasteiger partial charge is 0.129 e. The SMILES string of the molecule is COc1ccc(C2(CCC(C)=O)COC2)c(Cl)c1. The van der Waals surface area contributed by atoms with E-state index in [2.05, 4.69) is 0 Å². The van der Waals surface area contributed by atoms with Crippen LogP contribution in [-0.2, 0) is 14.9 Å². The summed E-state index contributed by atoms with van der Waals surface area (Å²) in [6, 6.07) is 5.68. The fraction of sp³-hybridized carbons (Fsp3) is 0.500. The van der Waals surface area contributed by atoms with Gasteiger partial charge in [0, 0.05) is 16.9 Å². The van der Waals surface area contributed by atoms with Gasteiger partial charge in [0.25, 0.3) is 0 Å². The van der Waals surface area contributed by atoms with Gasteiger partial charge in [-0.15, -0.1) is 0 Å². The summed E-state index contributed by atoms with van der Waals surface area (Å²) in [4.78, 5) is 11.2. The molecule has 0 N–H and O–H groups in total. The van der Waals surface area contributed by atoms with Gasteiger partial charge in [0.1, 0.15) is 11.5 Å². The number of carbonyl (C=O) groups excluding carboxylic acids is 1. The molecule has 0 unspecified atom stereocenters. The van der Waals surface area contributed by atoms with E-state index < -0.39 is 0 Å². The predicted octanol–water partition coefficient (Wildman–Crippen LogP) is 2.99. The number of ether oxygens (including phenoxy) is 2. The second-order valence-electron chi connectivity index (χ2n) is 4.82. The Morgan fingerprint density at radius 1 is 1.50 bits per heavy atom. The molecule has 0 amide bonds. The lowest BCUT2D eigenvalue weighted by atomic mass is 9.74. The molecule has 1 saturated heterocycles. The zero-order valence-corrected chi connectivity index (χ0v) is 11.4. The molecule has 2 rings (SSSR count). The average Bonchev–Trinajstić information content (AvgIpc) is 2.29. The summed E-state index contributed by atoms with van der Waals surface area (Å²) in [6.45, 7) is 2.88. The molecular formula is C14H17ClO3. The second-order valence-corrected chi connectivity index (χ2v) is 5.23. The van der Waals surface area contributed by atoms with Crippen LogP contribution in [0.5, 0.6) is 5.75 Å². The van der Waals surface area contributed by atoms with Crippen LogP contribution in [0, 0.1) is 0 Å². The lowest BCUT2D eigenvalue weighted by Gasteiger charge is -2.42. The number of benzene rings is 1. The molecule has 0 aromatic heterocycles. The molecule has 1 aromatic rings. The minimum absolute atomic E-state index is 0.102. The van der Waals surface area contributed by atoms with Crippen LogP contribution in [0.3, 0.4) is 0 Å². The van der Waals surface area contributed by atoms with Gasteiger partial charge in [-0.3, -0.25) is 0 Å². The molecule has 3 nitrogen and oxygen atoms in total. The number of Topliss-reactive ketones (excluding diaryl/α,β-unsaturated/α-hetero) is 1. The molecule has 4 heteroatoms. The van der Waals surface area contributed by atoms with Crippen LogP contribution >= 0.6 is 11.6 Å². The summed E-state index contributed by atoms with van der Waals surface area (Å²) >= 11 is 6.30. The van der Waals surface area contributed by atoms with Gasteiger partial charge in [0.15, 0.2) is 0 Å². The first-order valence-corrected chi connectivity index (χ1v) is 6.36. The van der Waals surface area contributed by atoms with Crippen LogP contribution in [0.4, 0.5) is 0 Å². The maximum atomic E-state index is 11.2. The second kappa shape index (κ2) is 5.29. The van der Waals surface area contributed by atoms with E-state index >= 15 is 0 Å². The monoisotopic (exact) mass is 268 g/mol. The molecule has 0 spiro atoms. The van der Waals surface area contributed by atoms with Gasteiger partial charge in [-0.2, -0.15) is 0 Å². The van der Waals surface area contributed by atoms with Crippen molar-refractivity contribution in [2.24, 2.45) is 0 Å². The zero-order valence-electron chi connectivity index (χ0n) is 10.7. The van der Waals surface area contributed by atoms with Gasteiger partial charge in [0.2, 0.25) is 0 Å². The summed E-state index contributed by atoms with van der Waals surface area (Å²) < 4.78 is 10.5. The van der Waals surface area contributed by atoms with Crippen molar-refractivity contribution in [1.82, 2.24) is 0 Å². The van der Waals surface area contributed by atoms with E-state index in [0.717, 1.165) is 17.7 Å². The van der Waals surface area contributed by atoms with E-state index in [-0.39, 0.29) is 11.2 Å². The first-order valence-electron chi connectivity index (χ1n) is 5.99. The molecule has 1 heterocycles. The minimum atomic E-state index is -0.102. The van der Waals surface area contributed by atoms with E-state index in [1.807, 2.05) is 18.2 Å². The van der Waals surface area contributed by atoms with Crippen LogP contribution in [0.1, 0.15) is 25.3 Å². The van der Waals surface area contributed by atoms with E-state index in [1.165, 1.54) is 0 Å². The Hall–Kier alpha value is -1.06. The van der Waals surface area contributed by atoms with Gasteiger partial charge in [-0.1, -0.05) is 17.7 Å². The molecule has 1 aliphatic heterocycles. The highest BCUT2D eigenvalue weighted by atomic mass is 35.5. The van der Waals surface area contributed by atoms with Crippen LogP contribution < -0.4 is 4.74 Å². The molecule has 1 aliphatic rings. The molecule has 0 saturated carbocycles. The van der Waals surface area contributed by atoms with Crippen molar-refractivity contribution < 1.29 is 14.3 Å². The Morgan fingerprint density at radius 2 is 2.22 bits per heavy atom. The van der Waals surface area contributed by atoms with Crippen molar-refractivity contribution in [2.75, 3.05) is 20.3 Å². The number of methoxy groups -OCH3 is 1.